The summed E-state index contributed by atoms with van der Waals surface area (Å²) in [5.74, 6) is -1.50. The molecule has 2 atom stereocenters. The number of nitrogens with one attached hydrogen (secondary N) is 1. The van der Waals surface area contributed by atoms with Crippen LogP contribution in [0.25, 0.3) is 0 Å². The number of halogens is 3. The molecule has 2 fully saturated rings. The molecule has 1 aliphatic heterocycles. The molecule has 30 heavy (non-hydrogen) atoms. The van der Waals surface area contributed by atoms with E-state index in [1.165, 1.54) is 37.8 Å². The largest absolute Gasteiger partial charge is 0.338 e. The maximum atomic E-state index is 13.3. The van der Waals surface area contributed by atoms with Crippen molar-refractivity contribution in [3.8, 4) is 0 Å². The molecule has 0 radical (unpaired) electrons. The molecule has 4 rings (SSSR count). The minimum absolute atomic E-state index is 0.0134. The summed E-state index contributed by atoms with van der Waals surface area (Å²) in [6.45, 7) is 1.51. The average Bonchev–Trinajstić information content (AvgIpc) is 2.75. The summed E-state index contributed by atoms with van der Waals surface area (Å²) in [6, 6.07) is 7.61. The van der Waals surface area contributed by atoms with Crippen LogP contribution in [0.3, 0.4) is 0 Å². The van der Waals surface area contributed by atoms with Gasteiger partial charge in [0.2, 0.25) is 0 Å². The van der Waals surface area contributed by atoms with Crippen molar-refractivity contribution in [2.75, 3.05) is 18.4 Å². The molecule has 0 spiro atoms. The summed E-state index contributed by atoms with van der Waals surface area (Å²) in [5, 5.41) is 2.84. The smallest absolute Gasteiger partial charge is 0.255 e. The number of benzene rings is 2. The zero-order chi connectivity index (χ0) is 21.3. The van der Waals surface area contributed by atoms with Gasteiger partial charge in [0.05, 0.1) is 10.6 Å². The Morgan fingerprint density at radius 1 is 0.967 bits per heavy atom. The van der Waals surface area contributed by atoms with Crippen LogP contribution >= 0.6 is 11.6 Å². The predicted molar refractivity (Wildman–Crippen MR) is 112 cm³/mol. The Labute approximate surface area is 179 Å². The number of amides is 2. The molecular formula is C23H23ClF2N2O2. The SMILES string of the molecule is O=C(Nc1ccc(C(=O)N2CC[C@H]3CCCC[C@H]3C2)c(Cl)c1)c1ccc(F)c(F)c1. The van der Waals surface area contributed by atoms with Gasteiger partial charge in [0, 0.05) is 24.3 Å². The molecule has 0 bridgehead atoms. The minimum atomic E-state index is -1.09. The van der Waals surface area contributed by atoms with Crippen LogP contribution in [0, 0.1) is 23.5 Å². The lowest BCUT2D eigenvalue weighted by Crippen LogP contribution is -2.44. The van der Waals surface area contributed by atoms with Gasteiger partial charge in [-0.05, 0) is 61.1 Å². The maximum absolute atomic E-state index is 13.3. The van der Waals surface area contributed by atoms with Gasteiger partial charge in [-0.2, -0.15) is 0 Å². The van der Waals surface area contributed by atoms with E-state index in [-0.39, 0.29) is 16.5 Å². The molecule has 2 aliphatic rings. The maximum Gasteiger partial charge on any atom is 0.255 e. The lowest BCUT2D eigenvalue weighted by molar-refractivity contribution is 0.0521. The van der Waals surface area contributed by atoms with Crippen LogP contribution in [0.1, 0.15) is 52.8 Å². The normalized spacial score (nSPS) is 21.1. The van der Waals surface area contributed by atoms with E-state index in [2.05, 4.69) is 5.32 Å². The van der Waals surface area contributed by atoms with E-state index >= 15 is 0 Å². The highest BCUT2D eigenvalue weighted by atomic mass is 35.5. The molecule has 2 aromatic rings. The van der Waals surface area contributed by atoms with Crippen molar-refractivity contribution in [2.45, 2.75) is 32.1 Å². The van der Waals surface area contributed by atoms with Crippen molar-refractivity contribution in [2.24, 2.45) is 11.8 Å². The average molecular weight is 433 g/mol. The minimum Gasteiger partial charge on any atom is -0.338 e. The fourth-order valence-electron chi connectivity index (χ4n) is 4.56. The van der Waals surface area contributed by atoms with Gasteiger partial charge < -0.3 is 10.2 Å². The van der Waals surface area contributed by atoms with Crippen molar-refractivity contribution in [1.29, 1.82) is 0 Å². The van der Waals surface area contributed by atoms with Gasteiger partial charge in [0.15, 0.2) is 11.6 Å². The predicted octanol–water partition coefficient (Wildman–Crippen LogP) is 5.52. The molecule has 0 aromatic heterocycles. The Morgan fingerprint density at radius 3 is 2.47 bits per heavy atom. The van der Waals surface area contributed by atoms with Gasteiger partial charge in [-0.3, -0.25) is 9.59 Å². The molecule has 7 heteroatoms. The van der Waals surface area contributed by atoms with E-state index in [1.54, 1.807) is 12.1 Å². The summed E-state index contributed by atoms with van der Waals surface area (Å²) in [6.07, 6.45) is 6.00. The molecule has 1 saturated carbocycles. The number of fused-ring (bicyclic) bond motifs is 1. The number of rotatable bonds is 3. The van der Waals surface area contributed by atoms with Crippen LogP contribution < -0.4 is 5.32 Å². The lowest BCUT2D eigenvalue weighted by atomic mass is 9.75. The molecule has 158 valence electrons. The number of anilines is 1. The third-order valence-corrected chi connectivity index (χ3v) is 6.53. The van der Waals surface area contributed by atoms with Gasteiger partial charge >= 0.3 is 0 Å². The summed E-state index contributed by atoms with van der Waals surface area (Å²) < 4.78 is 26.4. The number of likely N-dealkylation sites (tertiary alicyclic amines) is 1. The van der Waals surface area contributed by atoms with Crippen LogP contribution in [0.2, 0.25) is 5.02 Å². The highest BCUT2D eigenvalue weighted by Crippen LogP contribution is 2.37. The zero-order valence-corrected chi connectivity index (χ0v) is 17.2. The highest BCUT2D eigenvalue weighted by Gasteiger charge is 2.33. The molecular weight excluding hydrogens is 410 g/mol. The van der Waals surface area contributed by atoms with E-state index < -0.39 is 17.5 Å². The van der Waals surface area contributed by atoms with Crippen molar-refractivity contribution >= 4 is 29.1 Å². The number of nitrogens with zero attached hydrogens (tertiary/aromatic N) is 1. The standard InChI is InChI=1S/C23H23ClF2N2O2/c24-19-12-17(27-22(29)15-5-8-20(25)21(26)11-15)6-7-18(19)23(30)28-10-9-14-3-1-2-4-16(14)13-28/h5-8,11-12,14,16H,1-4,9-10,13H2,(H,27,29)/t14-,16+/m1/s1. The van der Waals surface area contributed by atoms with E-state index in [4.69, 9.17) is 11.6 Å². The van der Waals surface area contributed by atoms with E-state index in [0.717, 1.165) is 37.6 Å². The van der Waals surface area contributed by atoms with Gasteiger partial charge in [-0.1, -0.05) is 30.9 Å². The fraction of sp³-hybridized carbons (Fsp3) is 0.391. The second kappa shape index (κ2) is 8.72. The van der Waals surface area contributed by atoms with E-state index in [9.17, 15) is 18.4 Å². The molecule has 1 saturated heterocycles. The van der Waals surface area contributed by atoms with Crippen LogP contribution in [0.4, 0.5) is 14.5 Å². The van der Waals surface area contributed by atoms with Gasteiger partial charge in [-0.25, -0.2) is 8.78 Å². The fourth-order valence-corrected chi connectivity index (χ4v) is 4.82. The Hall–Kier alpha value is -2.47. The number of carbonyl (C=O) groups is 2. The van der Waals surface area contributed by atoms with Gasteiger partial charge in [0.25, 0.3) is 11.8 Å². The molecule has 4 nitrogen and oxygen atoms in total. The Morgan fingerprint density at radius 2 is 1.73 bits per heavy atom. The van der Waals surface area contributed by atoms with Crippen LogP contribution in [-0.2, 0) is 0 Å². The van der Waals surface area contributed by atoms with E-state index in [0.29, 0.717) is 17.2 Å². The lowest BCUT2D eigenvalue weighted by Gasteiger charge is -2.41. The first-order chi connectivity index (χ1) is 14.4. The Kier molecular flexibility index (Phi) is 6.04. The van der Waals surface area contributed by atoms with Crippen LogP contribution in [0.5, 0.6) is 0 Å². The monoisotopic (exact) mass is 432 g/mol. The zero-order valence-electron chi connectivity index (χ0n) is 16.5. The van der Waals surface area contributed by atoms with Crippen molar-refractivity contribution in [1.82, 2.24) is 4.90 Å². The first kappa shape index (κ1) is 20.8. The number of piperidine rings is 1. The quantitative estimate of drug-likeness (QED) is 0.694. The Bertz CT molecular complexity index is 982. The molecule has 2 amide bonds. The van der Waals surface area contributed by atoms with Crippen LogP contribution in [-0.4, -0.2) is 29.8 Å². The van der Waals surface area contributed by atoms with Gasteiger partial charge in [-0.15, -0.1) is 0 Å². The van der Waals surface area contributed by atoms with E-state index in [1.807, 2.05) is 4.90 Å². The van der Waals surface area contributed by atoms with Crippen molar-refractivity contribution < 1.29 is 18.4 Å². The molecule has 1 N–H and O–H groups in total. The first-order valence-corrected chi connectivity index (χ1v) is 10.7. The number of carbonyl (C=O) groups excluding carboxylic acids is 2. The molecule has 1 heterocycles. The molecule has 2 aromatic carbocycles. The van der Waals surface area contributed by atoms with Gasteiger partial charge in [0.1, 0.15) is 0 Å². The highest BCUT2D eigenvalue weighted by molar-refractivity contribution is 6.34. The van der Waals surface area contributed by atoms with Crippen LogP contribution in [0.15, 0.2) is 36.4 Å². The number of hydrogen-bond donors (Lipinski definition) is 1. The molecule has 1 aliphatic carbocycles. The number of hydrogen-bond acceptors (Lipinski definition) is 2. The third-order valence-electron chi connectivity index (χ3n) is 6.22. The summed E-state index contributed by atoms with van der Waals surface area (Å²) in [5.41, 5.74) is 0.759. The Balaban J connectivity index is 1.44. The summed E-state index contributed by atoms with van der Waals surface area (Å²) >= 11 is 6.35. The van der Waals surface area contributed by atoms with Crippen molar-refractivity contribution in [3.05, 3.63) is 64.2 Å². The second-order valence-corrected chi connectivity index (χ2v) is 8.53. The summed E-state index contributed by atoms with van der Waals surface area (Å²) in [7, 11) is 0. The first-order valence-electron chi connectivity index (χ1n) is 10.3. The second-order valence-electron chi connectivity index (χ2n) is 8.12. The molecule has 0 unspecified atom stereocenters. The summed E-state index contributed by atoms with van der Waals surface area (Å²) in [4.78, 5) is 27.1. The topological polar surface area (TPSA) is 49.4 Å². The van der Waals surface area contributed by atoms with Crippen molar-refractivity contribution in [3.63, 3.8) is 0 Å². The third kappa shape index (κ3) is 4.33.